The quantitative estimate of drug-likeness (QED) is 0.804. The molecule has 1 atom stereocenters. The summed E-state index contributed by atoms with van der Waals surface area (Å²) < 4.78 is 29.2. The fourth-order valence-corrected chi connectivity index (χ4v) is 5.04. The maximum atomic E-state index is 12.7. The lowest BCUT2D eigenvalue weighted by molar-refractivity contribution is -0.135. The molecule has 6 heteroatoms. The van der Waals surface area contributed by atoms with Crippen molar-refractivity contribution in [1.29, 1.82) is 0 Å². The summed E-state index contributed by atoms with van der Waals surface area (Å²) in [4.78, 5) is 14.5. The number of rotatable bonds is 5. The van der Waals surface area contributed by atoms with E-state index in [4.69, 9.17) is 4.74 Å². The van der Waals surface area contributed by atoms with E-state index >= 15 is 0 Å². The van der Waals surface area contributed by atoms with E-state index < -0.39 is 9.84 Å². The lowest BCUT2D eigenvalue weighted by Gasteiger charge is -2.28. The number of sulfone groups is 1. The van der Waals surface area contributed by atoms with Crippen molar-refractivity contribution in [2.75, 3.05) is 18.1 Å². The minimum Gasteiger partial charge on any atom is -0.484 e. The zero-order chi connectivity index (χ0) is 18.2. The van der Waals surface area contributed by atoms with Crippen LogP contribution in [0, 0.1) is 0 Å². The third-order valence-corrected chi connectivity index (χ3v) is 6.64. The highest BCUT2D eigenvalue weighted by Crippen LogP contribution is 2.32. The molecular weight excluding hydrogens is 338 g/mol. The molecule has 0 bridgehead atoms. The van der Waals surface area contributed by atoms with Crippen molar-refractivity contribution in [2.45, 2.75) is 57.5 Å². The summed E-state index contributed by atoms with van der Waals surface area (Å²) in [5.74, 6) is 0.846. The van der Waals surface area contributed by atoms with Gasteiger partial charge in [0.2, 0.25) is 0 Å². The molecule has 1 aromatic rings. The Bertz CT molecular complexity index is 747. The smallest absolute Gasteiger partial charge is 0.261 e. The summed E-state index contributed by atoms with van der Waals surface area (Å²) in [6.07, 6.45) is 2.47. The van der Waals surface area contributed by atoms with Gasteiger partial charge in [-0.15, -0.1) is 0 Å². The van der Waals surface area contributed by atoms with Gasteiger partial charge >= 0.3 is 0 Å². The normalized spacial score (nSPS) is 22.6. The van der Waals surface area contributed by atoms with Crippen LogP contribution in [0.5, 0.6) is 5.75 Å². The van der Waals surface area contributed by atoms with Gasteiger partial charge in [-0.1, -0.05) is 32.9 Å². The van der Waals surface area contributed by atoms with Crippen LogP contribution < -0.4 is 4.74 Å². The Morgan fingerprint density at radius 3 is 2.48 bits per heavy atom. The first-order valence-electron chi connectivity index (χ1n) is 8.91. The molecule has 1 aliphatic carbocycles. The van der Waals surface area contributed by atoms with Gasteiger partial charge in [0, 0.05) is 12.1 Å². The molecule has 1 saturated carbocycles. The molecule has 2 aliphatic rings. The molecule has 3 rings (SSSR count). The topological polar surface area (TPSA) is 63.7 Å². The fourth-order valence-electron chi connectivity index (χ4n) is 3.32. The summed E-state index contributed by atoms with van der Waals surface area (Å²) >= 11 is 0. The van der Waals surface area contributed by atoms with Crippen LogP contribution >= 0.6 is 0 Å². The van der Waals surface area contributed by atoms with Crippen molar-refractivity contribution < 1.29 is 17.9 Å². The van der Waals surface area contributed by atoms with Gasteiger partial charge in [0.15, 0.2) is 16.4 Å². The molecule has 1 unspecified atom stereocenters. The van der Waals surface area contributed by atoms with Gasteiger partial charge in [-0.2, -0.15) is 0 Å². The first-order chi connectivity index (χ1) is 11.7. The summed E-state index contributed by atoms with van der Waals surface area (Å²) in [7, 11) is -3.00. The maximum absolute atomic E-state index is 12.7. The lowest BCUT2D eigenvalue weighted by Crippen LogP contribution is -2.45. The highest BCUT2D eigenvalue weighted by Gasteiger charge is 2.42. The van der Waals surface area contributed by atoms with Crippen molar-refractivity contribution in [3.8, 4) is 5.75 Å². The monoisotopic (exact) mass is 365 g/mol. The highest BCUT2D eigenvalue weighted by molar-refractivity contribution is 7.91. The van der Waals surface area contributed by atoms with E-state index in [0.29, 0.717) is 12.2 Å². The third kappa shape index (κ3) is 4.54. The number of ether oxygens (including phenoxy) is 1. The van der Waals surface area contributed by atoms with Crippen LogP contribution in [0.2, 0.25) is 0 Å². The Balaban J connectivity index is 1.65. The van der Waals surface area contributed by atoms with Gasteiger partial charge in [0.25, 0.3) is 5.91 Å². The van der Waals surface area contributed by atoms with Gasteiger partial charge in [-0.25, -0.2) is 8.42 Å². The second-order valence-corrected chi connectivity index (χ2v) is 10.4. The van der Waals surface area contributed by atoms with E-state index in [2.05, 4.69) is 26.8 Å². The minimum atomic E-state index is -3.00. The van der Waals surface area contributed by atoms with Crippen LogP contribution in [0.25, 0.3) is 0 Å². The minimum absolute atomic E-state index is 0.0155. The standard InChI is InChI=1S/C19H27NO4S/c1-19(2,3)14-5-4-6-17(11-14)24-12-18(21)20(15-7-8-15)16-9-10-25(22,23)13-16/h4-6,11,15-16H,7-10,12-13H2,1-3H3. The molecule has 0 aromatic heterocycles. The van der Waals surface area contributed by atoms with Crippen molar-refractivity contribution in [1.82, 2.24) is 4.90 Å². The van der Waals surface area contributed by atoms with Gasteiger partial charge < -0.3 is 9.64 Å². The number of carbonyl (C=O) groups is 1. The molecule has 2 fully saturated rings. The van der Waals surface area contributed by atoms with Crippen molar-refractivity contribution in [3.05, 3.63) is 29.8 Å². The van der Waals surface area contributed by atoms with E-state index in [1.165, 1.54) is 0 Å². The van der Waals surface area contributed by atoms with E-state index in [1.54, 1.807) is 4.90 Å². The Morgan fingerprint density at radius 1 is 1.20 bits per heavy atom. The van der Waals surface area contributed by atoms with Crippen molar-refractivity contribution in [2.24, 2.45) is 0 Å². The van der Waals surface area contributed by atoms with Crippen LogP contribution in [0.15, 0.2) is 24.3 Å². The number of nitrogens with zero attached hydrogens (tertiary/aromatic N) is 1. The Kier molecular flexibility index (Phi) is 4.84. The molecule has 1 aromatic carbocycles. The lowest BCUT2D eigenvalue weighted by atomic mass is 9.87. The second kappa shape index (κ2) is 6.63. The molecule has 1 amide bonds. The first-order valence-corrected chi connectivity index (χ1v) is 10.7. The number of amides is 1. The highest BCUT2D eigenvalue weighted by atomic mass is 32.2. The van der Waals surface area contributed by atoms with Crippen LogP contribution in [-0.4, -0.2) is 49.4 Å². The van der Waals surface area contributed by atoms with E-state index in [9.17, 15) is 13.2 Å². The number of benzene rings is 1. The molecule has 25 heavy (non-hydrogen) atoms. The largest absolute Gasteiger partial charge is 0.484 e. The zero-order valence-electron chi connectivity index (χ0n) is 15.2. The van der Waals surface area contributed by atoms with E-state index in [1.807, 2.05) is 18.2 Å². The van der Waals surface area contributed by atoms with E-state index in [-0.39, 0.29) is 41.5 Å². The molecule has 1 heterocycles. The molecule has 138 valence electrons. The zero-order valence-corrected chi connectivity index (χ0v) is 16.0. The fraction of sp³-hybridized carbons (Fsp3) is 0.632. The van der Waals surface area contributed by atoms with E-state index in [0.717, 1.165) is 18.4 Å². The van der Waals surface area contributed by atoms with Gasteiger partial charge in [0.05, 0.1) is 11.5 Å². The van der Waals surface area contributed by atoms with Crippen LogP contribution in [-0.2, 0) is 20.0 Å². The molecule has 0 radical (unpaired) electrons. The maximum Gasteiger partial charge on any atom is 0.261 e. The van der Waals surface area contributed by atoms with Crippen LogP contribution in [0.1, 0.15) is 45.6 Å². The Labute approximate surface area is 150 Å². The molecule has 1 aliphatic heterocycles. The van der Waals surface area contributed by atoms with Crippen LogP contribution in [0.3, 0.4) is 0 Å². The Hall–Kier alpha value is -1.56. The third-order valence-electron chi connectivity index (χ3n) is 4.89. The van der Waals surface area contributed by atoms with Gasteiger partial charge in [-0.05, 0) is 42.4 Å². The Morgan fingerprint density at radius 2 is 1.92 bits per heavy atom. The molecule has 5 nitrogen and oxygen atoms in total. The molecule has 1 saturated heterocycles. The SMILES string of the molecule is CC(C)(C)c1cccc(OCC(=O)N(C2CC2)C2CCS(=O)(=O)C2)c1. The molecular formula is C19H27NO4S. The number of carbonyl (C=O) groups excluding carboxylic acids is 1. The molecule has 0 N–H and O–H groups in total. The van der Waals surface area contributed by atoms with Crippen LogP contribution in [0.4, 0.5) is 0 Å². The summed E-state index contributed by atoms with van der Waals surface area (Å²) in [5.41, 5.74) is 1.17. The summed E-state index contributed by atoms with van der Waals surface area (Å²) in [6, 6.07) is 7.81. The predicted molar refractivity (Wildman–Crippen MR) is 97.6 cm³/mol. The average molecular weight is 365 g/mol. The average Bonchev–Trinajstić information content (AvgIpc) is 3.28. The summed E-state index contributed by atoms with van der Waals surface area (Å²) in [5, 5.41) is 0. The summed E-state index contributed by atoms with van der Waals surface area (Å²) in [6.45, 7) is 6.35. The van der Waals surface area contributed by atoms with Gasteiger partial charge in [0.1, 0.15) is 5.75 Å². The molecule has 0 spiro atoms. The van der Waals surface area contributed by atoms with Crippen molar-refractivity contribution in [3.63, 3.8) is 0 Å². The van der Waals surface area contributed by atoms with Crippen molar-refractivity contribution >= 4 is 15.7 Å². The van der Waals surface area contributed by atoms with Gasteiger partial charge in [-0.3, -0.25) is 4.79 Å². The number of hydrogen-bond donors (Lipinski definition) is 0. The predicted octanol–water partition coefficient (Wildman–Crippen LogP) is 2.54. The number of hydrogen-bond acceptors (Lipinski definition) is 4. The first kappa shape index (κ1) is 18.2. The second-order valence-electron chi connectivity index (χ2n) is 8.16.